The molecule has 0 amide bonds. The van der Waals surface area contributed by atoms with Crippen LogP contribution in [0.2, 0.25) is 0 Å². The zero-order valence-electron chi connectivity index (χ0n) is 8.34. The molecule has 0 radical (unpaired) electrons. The Morgan fingerprint density at radius 3 is 3.00 bits per heavy atom. The van der Waals surface area contributed by atoms with E-state index < -0.39 is 0 Å². The number of hydrogen-bond acceptors (Lipinski definition) is 2. The zero-order valence-corrected chi connectivity index (χ0v) is 9.16. The molecule has 0 aromatic rings. The Labute approximate surface area is 80.2 Å². The first-order valence-corrected chi connectivity index (χ1v) is 6.00. The van der Waals surface area contributed by atoms with Crippen LogP contribution in [0, 0.1) is 5.92 Å². The zero-order chi connectivity index (χ0) is 8.97. The first-order chi connectivity index (χ1) is 5.72. The van der Waals surface area contributed by atoms with E-state index in [1.165, 1.54) is 31.0 Å². The van der Waals surface area contributed by atoms with E-state index in [2.05, 4.69) is 31.1 Å². The highest BCUT2D eigenvalue weighted by Crippen LogP contribution is 2.14. The molecule has 0 saturated heterocycles. The van der Waals surface area contributed by atoms with Crippen molar-refractivity contribution in [2.45, 2.75) is 13.8 Å². The summed E-state index contributed by atoms with van der Waals surface area (Å²) in [5.74, 6) is 2.01. The summed E-state index contributed by atoms with van der Waals surface area (Å²) < 4.78 is 0. The first kappa shape index (κ1) is 10.1. The van der Waals surface area contributed by atoms with Crippen LogP contribution in [0.1, 0.15) is 13.8 Å². The summed E-state index contributed by atoms with van der Waals surface area (Å²) in [5.41, 5.74) is 1.54. The van der Waals surface area contributed by atoms with Crippen molar-refractivity contribution in [1.82, 2.24) is 4.90 Å². The predicted molar refractivity (Wildman–Crippen MR) is 57.7 cm³/mol. The molecule has 1 unspecified atom stereocenters. The molecule has 0 spiro atoms. The number of nitrogens with zero attached hydrogens (tertiary/aromatic N) is 1. The topological polar surface area (TPSA) is 3.24 Å². The lowest BCUT2D eigenvalue weighted by Crippen LogP contribution is -2.34. The maximum Gasteiger partial charge on any atom is 0.0190 e. The van der Waals surface area contributed by atoms with Crippen molar-refractivity contribution in [3.8, 4) is 0 Å². The van der Waals surface area contributed by atoms with Crippen LogP contribution in [0.5, 0.6) is 0 Å². The van der Waals surface area contributed by atoms with Crippen LogP contribution < -0.4 is 0 Å². The van der Waals surface area contributed by atoms with Gasteiger partial charge in [-0.1, -0.05) is 18.6 Å². The average molecular weight is 185 g/mol. The van der Waals surface area contributed by atoms with Crippen LogP contribution in [0.25, 0.3) is 0 Å². The molecule has 1 nitrogen and oxygen atoms in total. The molecule has 0 aromatic heterocycles. The molecule has 0 fully saturated rings. The van der Waals surface area contributed by atoms with Gasteiger partial charge in [-0.15, -0.1) is 0 Å². The molecule has 0 bridgehead atoms. The van der Waals surface area contributed by atoms with Gasteiger partial charge in [-0.3, -0.25) is 4.90 Å². The maximum atomic E-state index is 2.55. The summed E-state index contributed by atoms with van der Waals surface area (Å²) in [6.07, 6.45) is 4.58. The van der Waals surface area contributed by atoms with E-state index in [1.807, 2.05) is 11.8 Å². The molecule has 2 heteroatoms. The number of thioether (sulfide) groups is 1. The minimum Gasteiger partial charge on any atom is -0.298 e. The molecule has 1 heterocycles. The largest absolute Gasteiger partial charge is 0.298 e. The Balaban J connectivity index is 2.34. The molecule has 1 aliphatic rings. The standard InChI is InChI=1S/C10H19NS/c1-9-6-10(2)8-11(7-9)4-5-12-3/h6,9H,4-5,7-8H2,1-3H3. The molecule has 70 valence electrons. The van der Waals surface area contributed by atoms with Crippen LogP contribution in [0.4, 0.5) is 0 Å². The normalized spacial score (nSPS) is 25.6. The van der Waals surface area contributed by atoms with Crippen LogP contribution in [0.15, 0.2) is 11.6 Å². The first-order valence-electron chi connectivity index (χ1n) is 4.61. The molecule has 1 atom stereocenters. The van der Waals surface area contributed by atoms with Crippen LogP contribution in [-0.2, 0) is 0 Å². The molecule has 1 rings (SSSR count). The molecule has 0 aromatic carbocycles. The minimum atomic E-state index is 0.751. The minimum absolute atomic E-state index is 0.751. The monoisotopic (exact) mass is 185 g/mol. The fourth-order valence-electron chi connectivity index (χ4n) is 1.81. The summed E-state index contributed by atoms with van der Waals surface area (Å²) in [5, 5.41) is 0. The molecule has 0 aliphatic carbocycles. The Morgan fingerprint density at radius 2 is 2.42 bits per heavy atom. The van der Waals surface area contributed by atoms with E-state index in [1.54, 1.807) is 0 Å². The molecule has 0 saturated carbocycles. The highest BCUT2D eigenvalue weighted by molar-refractivity contribution is 7.98. The Morgan fingerprint density at radius 1 is 1.67 bits per heavy atom. The fourth-order valence-corrected chi connectivity index (χ4v) is 2.25. The summed E-state index contributed by atoms with van der Waals surface area (Å²) in [4.78, 5) is 2.55. The molecule has 1 aliphatic heterocycles. The quantitative estimate of drug-likeness (QED) is 0.620. The van der Waals surface area contributed by atoms with Gasteiger partial charge in [0.15, 0.2) is 0 Å². The number of rotatable bonds is 3. The Kier molecular flexibility index (Phi) is 4.16. The van der Waals surface area contributed by atoms with E-state index in [4.69, 9.17) is 0 Å². The third-order valence-corrected chi connectivity index (χ3v) is 2.79. The van der Waals surface area contributed by atoms with Crippen molar-refractivity contribution in [2.24, 2.45) is 5.92 Å². The van der Waals surface area contributed by atoms with Crippen molar-refractivity contribution in [2.75, 3.05) is 31.6 Å². The molecule has 12 heavy (non-hydrogen) atoms. The fraction of sp³-hybridized carbons (Fsp3) is 0.800. The predicted octanol–water partition coefficient (Wildman–Crippen LogP) is 2.25. The van der Waals surface area contributed by atoms with E-state index in [0.717, 1.165) is 5.92 Å². The van der Waals surface area contributed by atoms with Gasteiger partial charge in [0.1, 0.15) is 0 Å². The second kappa shape index (κ2) is 4.93. The third kappa shape index (κ3) is 3.20. The average Bonchev–Trinajstić information content (AvgIpc) is 1.99. The van der Waals surface area contributed by atoms with Crippen molar-refractivity contribution in [3.05, 3.63) is 11.6 Å². The van der Waals surface area contributed by atoms with Crippen LogP contribution in [0.3, 0.4) is 0 Å². The van der Waals surface area contributed by atoms with Gasteiger partial charge in [0.2, 0.25) is 0 Å². The van der Waals surface area contributed by atoms with Gasteiger partial charge in [-0.05, 0) is 19.1 Å². The van der Waals surface area contributed by atoms with Crippen LogP contribution in [-0.4, -0.2) is 36.5 Å². The molecule has 0 N–H and O–H groups in total. The number of hydrogen-bond donors (Lipinski definition) is 0. The lowest BCUT2D eigenvalue weighted by Gasteiger charge is -2.29. The van der Waals surface area contributed by atoms with Gasteiger partial charge < -0.3 is 0 Å². The van der Waals surface area contributed by atoms with E-state index in [-0.39, 0.29) is 0 Å². The molecular weight excluding hydrogens is 166 g/mol. The van der Waals surface area contributed by atoms with Gasteiger partial charge >= 0.3 is 0 Å². The van der Waals surface area contributed by atoms with Crippen molar-refractivity contribution >= 4 is 11.8 Å². The highest BCUT2D eigenvalue weighted by Gasteiger charge is 2.13. The lowest BCUT2D eigenvalue weighted by molar-refractivity contribution is 0.274. The highest BCUT2D eigenvalue weighted by atomic mass is 32.2. The summed E-state index contributed by atoms with van der Waals surface area (Å²) in [7, 11) is 0. The lowest BCUT2D eigenvalue weighted by atomic mass is 10.0. The summed E-state index contributed by atoms with van der Waals surface area (Å²) in [6, 6.07) is 0. The molecular formula is C10H19NS. The van der Waals surface area contributed by atoms with Gasteiger partial charge in [-0.2, -0.15) is 11.8 Å². The third-order valence-electron chi connectivity index (χ3n) is 2.20. The van der Waals surface area contributed by atoms with Gasteiger partial charge in [0.25, 0.3) is 0 Å². The van der Waals surface area contributed by atoms with E-state index in [0.29, 0.717) is 0 Å². The van der Waals surface area contributed by atoms with Crippen molar-refractivity contribution in [1.29, 1.82) is 0 Å². The Hall–Kier alpha value is 0.0500. The maximum absolute atomic E-state index is 2.55. The second-order valence-electron chi connectivity index (χ2n) is 3.72. The van der Waals surface area contributed by atoms with Crippen molar-refractivity contribution < 1.29 is 0 Å². The SMILES string of the molecule is CSCCN1CC(C)=CC(C)C1. The van der Waals surface area contributed by atoms with Crippen LogP contribution >= 0.6 is 11.8 Å². The summed E-state index contributed by atoms with van der Waals surface area (Å²) in [6.45, 7) is 8.22. The van der Waals surface area contributed by atoms with E-state index in [9.17, 15) is 0 Å². The van der Waals surface area contributed by atoms with E-state index >= 15 is 0 Å². The Bertz CT molecular complexity index is 165. The van der Waals surface area contributed by atoms with Crippen molar-refractivity contribution in [3.63, 3.8) is 0 Å². The van der Waals surface area contributed by atoms with Gasteiger partial charge in [0, 0.05) is 25.4 Å². The van der Waals surface area contributed by atoms with Gasteiger partial charge in [0.05, 0.1) is 0 Å². The van der Waals surface area contributed by atoms with Gasteiger partial charge in [-0.25, -0.2) is 0 Å². The smallest absolute Gasteiger partial charge is 0.0190 e. The summed E-state index contributed by atoms with van der Waals surface area (Å²) >= 11 is 1.94. The second-order valence-corrected chi connectivity index (χ2v) is 4.70.